The van der Waals surface area contributed by atoms with Gasteiger partial charge in [0.2, 0.25) is 0 Å². The third kappa shape index (κ3) is 5.90. The van der Waals surface area contributed by atoms with Crippen LogP contribution in [-0.4, -0.2) is 19.1 Å². The summed E-state index contributed by atoms with van der Waals surface area (Å²) in [6.45, 7) is 4.81. The van der Waals surface area contributed by atoms with Gasteiger partial charge in [-0.15, -0.1) is 0 Å². The molecule has 0 radical (unpaired) electrons. The molecule has 0 saturated heterocycles. The fourth-order valence-electron chi connectivity index (χ4n) is 1.23. The Kier molecular flexibility index (Phi) is 5.46. The fraction of sp³-hybridized carbons (Fsp3) is 0.462. The van der Waals surface area contributed by atoms with E-state index >= 15 is 0 Å². The fourth-order valence-corrected chi connectivity index (χ4v) is 1.23. The Bertz CT molecular complexity index is 349. The number of rotatable bonds is 6. The number of amides is 1. The van der Waals surface area contributed by atoms with Gasteiger partial charge >= 0.3 is 0 Å². The molecule has 0 spiro atoms. The maximum atomic E-state index is 12.6. The predicted octanol–water partition coefficient (Wildman–Crippen LogP) is 2.37. The van der Waals surface area contributed by atoms with Gasteiger partial charge < -0.3 is 10.1 Å². The van der Waals surface area contributed by atoms with Gasteiger partial charge in [0.25, 0.3) is 5.91 Å². The highest BCUT2D eigenvalue weighted by Crippen LogP contribution is 2.10. The lowest BCUT2D eigenvalue weighted by atomic mass is 10.1. The quantitative estimate of drug-likeness (QED) is 0.827. The number of nitrogens with one attached hydrogen (secondary N) is 1. The molecule has 0 aliphatic rings. The molecule has 0 atom stereocenters. The van der Waals surface area contributed by atoms with Gasteiger partial charge in [-0.3, -0.25) is 4.79 Å². The molecule has 0 bridgehead atoms. The van der Waals surface area contributed by atoms with Crippen LogP contribution in [0.2, 0.25) is 0 Å². The standard InChI is InChI=1S/C13H18FNO2/c1-10(2)7-8-15-13(16)9-17-12-5-3-11(14)4-6-12/h3-6,10H,7-9H2,1-2H3,(H,15,16). The third-order valence-electron chi connectivity index (χ3n) is 2.23. The van der Waals surface area contributed by atoms with E-state index in [0.717, 1.165) is 6.42 Å². The summed E-state index contributed by atoms with van der Waals surface area (Å²) in [5.74, 6) is 0.576. The van der Waals surface area contributed by atoms with Gasteiger partial charge in [-0.05, 0) is 36.6 Å². The van der Waals surface area contributed by atoms with Gasteiger partial charge in [0.1, 0.15) is 11.6 Å². The van der Waals surface area contributed by atoms with Crippen LogP contribution in [0.4, 0.5) is 4.39 Å². The van der Waals surface area contributed by atoms with Gasteiger partial charge in [0, 0.05) is 6.54 Å². The van der Waals surface area contributed by atoms with Crippen molar-refractivity contribution in [3.05, 3.63) is 30.1 Å². The molecule has 1 amide bonds. The molecule has 1 rings (SSSR count). The number of benzene rings is 1. The summed E-state index contributed by atoms with van der Waals surface area (Å²) < 4.78 is 17.8. The highest BCUT2D eigenvalue weighted by atomic mass is 19.1. The summed E-state index contributed by atoms with van der Waals surface area (Å²) in [5.41, 5.74) is 0. The van der Waals surface area contributed by atoms with Crippen LogP contribution >= 0.6 is 0 Å². The summed E-state index contributed by atoms with van der Waals surface area (Å²) in [7, 11) is 0. The van der Waals surface area contributed by atoms with Crippen LogP contribution in [0.3, 0.4) is 0 Å². The zero-order chi connectivity index (χ0) is 12.7. The summed E-state index contributed by atoms with van der Waals surface area (Å²) in [6, 6.07) is 5.59. The Labute approximate surface area is 101 Å². The molecule has 1 aromatic carbocycles. The molecule has 0 aliphatic carbocycles. The van der Waals surface area contributed by atoms with Crippen LogP contribution in [0, 0.1) is 11.7 Å². The van der Waals surface area contributed by atoms with Crippen molar-refractivity contribution < 1.29 is 13.9 Å². The van der Waals surface area contributed by atoms with Crippen LogP contribution in [0.25, 0.3) is 0 Å². The average molecular weight is 239 g/mol. The van der Waals surface area contributed by atoms with Crippen molar-refractivity contribution in [2.75, 3.05) is 13.2 Å². The Morgan fingerprint density at radius 1 is 1.35 bits per heavy atom. The van der Waals surface area contributed by atoms with E-state index in [9.17, 15) is 9.18 Å². The first-order valence-electron chi connectivity index (χ1n) is 5.73. The van der Waals surface area contributed by atoms with E-state index in [0.29, 0.717) is 18.2 Å². The first-order chi connectivity index (χ1) is 8.08. The minimum atomic E-state index is -0.321. The largest absolute Gasteiger partial charge is 0.484 e. The maximum absolute atomic E-state index is 12.6. The van der Waals surface area contributed by atoms with Gasteiger partial charge in [-0.2, -0.15) is 0 Å². The molecule has 17 heavy (non-hydrogen) atoms. The van der Waals surface area contributed by atoms with Gasteiger partial charge in [0.05, 0.1) is 0 Å². The van der Waals surface area contributed by atoms with Crippen LogP contribution in [0.1, 0.15) is 20.3 Å². The van der Waals surface area contributed by atoms with Gasteiger partial charge in [-0.1, -0.05) is 13.8 Å². The summed E-state index contributed by atoms with van der Waals surface area (Å²) >= 11 is 0. The number of hydrogen-bond acceptors (Lipinski definition) is 2. The predicted molar refractivity (Wildman–Crippen MR) is 64.4 cm³/mol. The van der Waals surface area contributed by atoms with E-state index in [1.54, 1.807) is 0 Å². The highest BCUT2D eigenvalue weighted by Gasteiger charge is 2.03. The number of carbonyl (C=O) groups is 1. The summed E-state index contributed by atoms with van der Waals surface area (Å²) in [4.78, 5) is 11.4. The van der Waals surface area contributed by atoms with Crippen LogP contribution in [0.15, 0.2) is 24.3 Å². The number of ether oxygens (including phenoxy) is 1. The van der Waals surface area contributed by atoms with E-state index in [4.69, 9.17) is 4.74 Å². The van der Waals surface area contributed by atoms with Gasteiger partial charge in [-0.25, -0.2) is 4.39 Å². The first kappa shape index (κ1) is 13.5. The summed E-state index contributed by atoms with van der Waals surface area (Å²) in [6.07, 6.45) is 0.947. The van der Waals surface area contributed by atoms with Crippen LogP contribution < -0.4 is 10.1 Å². The SMILES string of the molecule is CC(C)CCNC(=O)COc1ccc(F)cc1. The van der Waals surface area contributed by atoms with E-state index in [1.165, 1.54) is 24.3 Å². The van der Waals surface area contributed by atoms with E-state index in [1.807, 2.05) is 0 Å². The van der Waals surface area contributed by atoms with Crippen molar-refractivity contribution in [3.63, 3.8) is 0 Å². The molecule has 4 heteroatoms. The zero-order valence-electron chi connectivity index (χ0n) is 10.2. The summed E-state index contributed by atoms with van der Waals surface area (Å²) in [5, 5.41) is 2.76. The Balaban J connectivity index is 2.21. The van der Waals surface area contributed by atoms with E-state index in [-0.39, 0.29) is 18.3 Å². The molecule has 1 aromatic rings. The molecule has 0 saturated carbocycles. The molecule has 0 heterocycles. The second kappa shape index (κ2) is 6.89. The first-order valence-corrected chi connectivity index (χ1v) is 5.73. The Hall–Kier alpha value is -1.58. The van der Waals surface area contributed by atoms with Crippen molar-refractivity contribution in [2.45, 2.75) is 20.3 Å². The maximum Gasteiger partial charge on any atom is 0.257 e. The number of halogens is 1. The lowest BCUT2D eigenvalue weighted by Gasteiger charge is -2.08. The van der Waals surface area contributed by atoms with Crippen LogP contribution in [-0.2, 0) is 4.79 Å². The third-order valence-corrected chi connectivity index (χ3v) is 2.23. The molecule has 1 N–H and O–H groups in total. The minimum Gasteiger partial charge on any atom is -0.484 e. The molecule has 3 nitrogen and oxygen atoms in total. The zero-order valence-corrected chi connectivity index (χ0v) is 10.2. The van der Waals surface area contributed by atoms with Gasteiger partial charge in [0.15, 0.2) is 6.61 Å². The normalized spacial score (nSPS) is 10.4. The van der Waals surface area contributed by atoms with Crippen molar-refractivity contribution in [3.8, 4) is 5.75 Å². The minimum absolute atomic E-state index is 0.0380. The second-order valence-corrected chi connectivity index (χ2v) is 4.28. The van der Waals surface area contributed by atoms with Crippen molar-refractivity contribution >= 4 is 5.91 Å². The molecular formula is C13H18FNO2. The number of hydrogen-bond donors (Lipinski definition) is 1. The van der Waals surface area contributed by atoms with Crippen LogP contribution in [0.5, 0.6) is 5.75 Å². The molecular weight excluding hydrogens is 221 g/mol. The topological polar surface area (TPSA) is 38.3 Å². The Morgan fingerprint density at radius 3 is 2.59 bits per heavy atom. The molecule has 0 fully saturated rings. The Morgan fingerprint density at radius 2 is 2.00 bits per heavy atom. The number of carbonyl (C=O) groups excluding carboxylic acids is 1. The lowest BCUT2D eigenvalue weighted by Crippen LogP contribution is -2.30. The second-order valence-electron chi connectivity index (χ2n) is 4.28. The molecule has 0 unspecified atom stereocenters. The van der Waals surface area contributed by atoms with E-state index in [2.05, 4.69) is 19.2 Å². The smallest absolute Gasteiger partial charge is 0.257 e. The highest BCUT2D eigenvalue weighted by molar-refractivity contribution is 5.77. The van der Waals surface area contributed by atoms with Crippen molar-refractivity contribution in [1.29, 1.82) is 0 Å². The average Bonchev–Trinajstić information content (AvgIpc) is 2.28. The van der Waals surface area contributed by atoms with E-state index < -0.39 is 0 Å². The molecule has 0 aliphatic heterocycles. The van der Waals surface area contributed by atoms with Crippen molar-refractivity contribution in [1.82, 2.24) is 5.32 Å². The lowest BCUT2D eigenvalue weighted by molar-refractivity contribution is -0.123. The van der Waals surface area contributed by atoms with Crippen molar-refractivity contribution in [2.24, 2.45) is 5.92 Å². The molecule has 0 aromatic heterocycles. The molecule has 94 valence electrons. The monoisotopic (exact) mass is 239 g/mol.